The molecule has 0 amide bonds. The van der Waals surface area contributed by atoms with Crippen LogP contribution in [0.15, 0.2) is 28.6 Å². The van der Waals surface area contributed by atoms with Crippen LogP contribution in [-0.2, 0) is 21.9 Å². The van der Waals surface area contributed by atoms with E-state index in [0.29, 0.717) is 12.4 Å². The summed E-state index contributed by atoms with van der Waals surface area (Å²) in [7, 11) is -2.06. The smallest absolute Gasteiger partial charge is 0.241 e. The number of pyridine rings is 1. The molecule has 2 heterocycles. The molecule has 2 aromatic heterocycles. The molecule has 0 bridgehead atoms. The molecule has 0 unspecified atom stereocenters. The number of nitrogens with zero attached hydrogens (tertiary/aromatic N) is 2. The second kappa shape index (κ2) is 6.94. The number of aromatic nitrogens is 2. The molecule has 2 N–H and O–H groups in total. The molecule has 8 heteroatoms. The van der Waals surface area contributed by atoms with Gasteiger partial charge in [0.05, 0.1) is 10.7 Å². The first kappa shape index (κ1) is 17.8. The molecule has 0 radical (unpaired) electrons. The highest BCUT2D eigenvalue weighted by molar-refractivity contribution is 7.89. The summed E-state index contributed by atoms with van der Waals surface area (Å²) in [5.41, 5.74) is 1.13. The van der Waals surface area contributed by atoms with Crippen molar-refractivity contribution >= 4 is 27.2 Å². The lowest BCUT2D eigenvalue weighted by Gasteiger charge is -2.13. The van der Waals surface area contributed by atoms with Gasteiger partial charge in [-0.3, -0.25) is 0 Å². The molecule has 0 aliphatic heterocycles. The highest BCUT2D eigenvalue weighted by atomic mass is 32.2. The fourth-order valence-electron chi connectivity index (χ4n) is 1.85. The number of hydrogen-bond acceptors (Lipinski definition) is 6. The van der Waals surface area contributed by atoms with Crippen molar-refractivity contribution < 1.29 is 8.42 Å². The van der Waals surface area contributed by atoms with Gasteiger partial charge in [-0.2, -0.15) is 0 Å². The molecule has 6 nitrogen and oxygen atoms in total. The van der Waals surface area contributed by atoms with Gasteiger partial charge in [-0.15, -0.1) is 11.3 Å². The molecular weight excluding hydrogens is 332 g/mol. The van der Waals surface area contributed by atoms with Crippen LogP contribution in [0.5, 0.6) is 0 Å². The first-order chi connectivity index (χ1) is 10.7. The summed E-state index contributed by atoms with van der Waals surface area (Å²) >= 11 is 1.68. The Hall–Kier alpha value is -1.51. The SMILES string of the molecule is CNS(=O)(=O)c1ccc(NCCc2csc(C(C)(C)C)n2)nc1. The highest BCUT2D eigenvalue weighted by Crippen LogP contribution is 2.25. The van der Waals surface area contributed by atoms with Crippen LogP contribution in [0.1, 0.15) is 31.5 Å². The topological polar surface area (TPSA) is 84.0 Å². The summed E-state index contributed by atoms with van der Waals surface area (Å²) in [6.45, 7) is 7.15. The van der Waals surface area contributed by atoms with Gasteiger partial charge >= 0.3 is 0 Å². The summed E-state index contributed by atoms with van der Waals surface area (Å²) in [5.74, 6) is 0.645. The first-order valence-electron chi connectivity index (χ1n) is 7.31. The van der Waals surface area contributed by atoms with Crippen LogP contribution in [0.4, 0.5) is 5.82 Å². The Morgan fingerprint density at radius 1 is 1.26 bits per heavy atom. The molecule has 126 valence electrons. The Morgan fingerprint density at radius 3 is 2.52 bits per heavy atom. The van der Waals surface area contributed by atoms with Crippen molar-refractivity contribution in [1.82, 2.24) is 14.7 Å². The second-order valence-electron chi connectivity index (χ2n) is 6.16. The number of rotatable bonds is 6. The summed E-state index contributed by atoms with van der Waals surface area (Å²) < 4.78 is 25.5. The van der Waals surface area contributed by atoms with Crippen molar-refractivity contribution in [3.63, 3.8) is 0 Å². The van der Waals surface area contributed by atoms with Crippen LogP contribution in [0.2, 0.25) is 0 Å². The number of nitrogens with one attached hydrogen (secondary N) is 2. The van der Waals surface area contributed by atoms with E-state index in [2.05, 4.69) is 46.2 Å². The summed E-state index contributed by atoms with van der Waals surface area (Å²) in [6, 6.07) is 3.19. The van der Waals surface area contributed by atoms with E-state index >= 15 is 0 Å². The van der Waals surface area contributed by atoms with Gasteiger partial charge in [-0.25, -0.2) is 23.1 Å². The third-order valence-electron chi connectivity index (χ3n) is 3.20. The van der Waals surface area contributed by atoms with Crippen molar-refractivity contribution in [2.45, 2.75) is 37.5 Å². The van der Waals surface area contributed by atoms with Crippen molar-refractivity contribution in [3.05, 3.63) is 34.4 Å². The van der Waals surface area contributed by atoms with Crippen LogP contribution in [-0.4, -0.2) is 32.0 Å². The van der Waals surface area contributed by atoms with Crippen molar-refractivity contribution in [2.24, 2.45) is 0 Å². The lowest BCUT2D eigenvalue weighted by atomic mass is 9.98. The van der Waals surface area contributed by atoms with E-state index in [-0.39, 0.29) is 10.3 Å². The minimum atomic E-state index is -3.44. The predicted octanol–water partition coefficient (Wildman–Crippen LogP) is 2.40. The largest absolute Gasteiger partial charge is 0.370 e. The Morgan fingerprint density at radius 2 is 2.00 bits per heavy atom. The van der Waals surface area contributed by atoms with E-state index in [1.807, 2.05) is 0 Å². The van der Waals surface area contributed by atoms with E-state index < -0.39 is 10.0 Å². The van der Waals surface area contributed by atoms with Crippen LogP contribution < -0.4 is 10.0 Å². The van der Waals surface area contributed by atoms with E-state index in [9.17, 15) is 8.42 Å². The third-order valence-corrected chi connectivity index (χ3v) is 5.91. The summed E-state index contributed by atoms with van der Waals surface area (Å²) in [6.07, 6.45) is 2.14. The zero-order valence-electron chi connectivity index (χ0n) is 13.8. The Balaban J connectivity index is 1.91. The zero-order chi connectivity index (χ0) is 17.1. The third kappa shape index (κ3) is 4.73. The molecule has 2 aromatic rings. The van der Waals surface area contributed by atoms with Gasteiger partial charge in [0, 0.05) is 30.0 Å². The maximum absolute atomic E-state index is 11.6. The zero-order valence-corrected chi connectivity index (χ0v) is 15.4. The van der Waals surface area contributed by atoms with Crippen molar-refractivity contribution in [2.75, 3.05) is 18.9 Å². The van der Waals surface area contributed by atoms with Crippen LogP contribution in [0, 0.1) is 0 Å². The number of sulfonamides is 1. The lowest BCUT2D eigenvalue weighted by molar-refractivity contribution is 0.583. The van der Waals surface area contributed by atoms with Gasteiger partial charge in [0.2, 0.25) is 10.0 Å². The standard InChI is InChI=1S/C15H22N4O2S2/c1-15(2,3)14-19-11(10-22-14)7-8-17-13-6-5-12(9-18-13)23(20,21)16-4/h5-6,9-10,16H,7-8H2,1-4H3,(H,17,18). The first-order valence-corrected chi connectivity index (χ1v) is 9.67. The highest BCUT2D eigenvalue weighted by Gasteiger charge is 2.17. The van der Waals surface area contributed by atoms with Gasteiger partial charge in [-0.05, 0) is 19.2 Å². The molecular formula is C15H22N4O2S2. The van der Waals surface area contributed by atoms with E-state index in [1.165, 1.54) is 19.3 Å². The molecule has 0 saturated heterocycles. The van der Waals surface area contributed by atoms with E-state index in [4.69, 9.17) is 0 Å². The molecule has 23 heavy (non-hydrogen) atoms. The monoisotopic (exact) mass is 354 g/mol. The quantitative estimate of drug-likeness (QED) is 0.832. The number of anilines is 1. The average Bonchev–Trinajstić information content (AvgIpc) is 2.97. The Kier molecular flexibility index (Phi) is 5.38. The minimum absolute atomic E-state index is 0.0759. The molecule has 0 fully saturated rings. The Bertz CT molecular complexity index is 747. The fourth-order valence-corrected chi connectivity index (χ4v) is 3.46. The predicted molar refractivity (Wildman–Crippen MR) is 93.5 cm³/mol. The molecule has 0 spiro atoms. The maximum Gasteiger partial charge on any atom is 0.241 e. The molecule has 0 aliphatic carbocycles. The van der Waals surface area contributed by atoms with Crippen LogP contribution >= 0.6 is 11.3 Å². The summed E-state index contributed by atoms with van der Waals surface area (Å²) in [4.78, 5) is 8.91. The van der Waals surface area contributed by atoms with Gasteiger partial charge in [0.15, 0.2) is 0 Å². The minimum Gasteiger partial charge on any atom is -0.370 e. The maximum atomic E-state index is 11.6. The van der Waals surface area contributed by atoms with Crippen molar-refractivity contribution in [3.8, 4) is 0 Å². The average molecular weight is 355 g/mol. The molecule has 0 atom stereocenters. The fraction of sp³-hybridized carbons (Fsp3) is 0.467. The molecule has 0 aliphatic rings. The van der Waals surface area contributed by atoms with E-state index in [1.54, 1.807) is 17.4 Å². The number of thiazole rings is 1. The summed E-state index contributed by atoms with van der Waals surface area (Å²) in [5, 5.41) is 6.39. The molecule has 0 aromatic carbocycles. The van der Waals surface area contributed by atoms with E-state index in [0.717, 1.165) is 17.1 Å². The van der Waals surface area contributed by atoms with Crippen LogP contribution in [0.3, 0.4) is 0 Å². The lowest BCUT2D eigenvalue weighted by Crippen LogP contribution is -2.18. The Labute approximate surface area is 141 Å². The van der Waals surface area contributed by atoms with Gasteiger partial charge < -0.3 is 5.32 Å². The van der Waals surface area contributed by atoms with Gasteiger partial charge in [0.25, 0.3) is 0 Å². The van der Waals surface area contributed by atoms with Crippen molar-refractivity contribution in [1.29, 1.82) is 0 Å². The van der Waals surface area contributed by atoms with Crippen LogP contribution in [0.25, 0.3) is 0 Å². The normalized spacial score (nSPS) is 12.3. The number of hydrogen-bond donors (Lipinski definition) is 2. The molecule has 0 saturated carbocycles. The second-order valence-corrected chi connectivity index (χ2v) is 8.90. The van der Waals surface area contributed by atoms with Gasteiger partial charge in [0.1, 0.15) is 10.7 Å². The molecule has 2 rings (SSSR count). The van der Waals surface area contributed by atoms with Gasteiger partial charge in [-0.1, -0.05) is 20.8 Å².